The molecule has 1 N–H and O–H groups in total. The molecular formula is C16H16N2O5. The second-order valence-corrected chi connectivity index (χ2v) is 4.77. The molecule has 7 nitrogen and oxygen atoms in total. The Bertz CT molecular complexity index is 713. The Hall–Kier alpha value is -3.09. The molecule has 0 radical (unpaired) electrons. The summed E-state index contributed by atoms with van der Waals surface area (Å²) < 4.78 is 10.4. The van der Waals surface area contributed by atoms with Crippen molar-refractivity contribution in [2.24, 2.45) is 0 Å². The lowest BCUT2D eigenvalue weighted by Gasteiger charge is -2.10. The summed E-state index contributed by atoms with van der Waals surface area (Å²) in [6.45, 7) is 1.52. The number of hydrogen-bond acceptors (Lipinski definition) is 5. The molecule has 2 aromatic rings. The Labute approximate surface area is 133 Å². The van der Waals surface area contributed by atoms with E-state index in [4.69, 9.17) is 9.47 Å². The number of methoxy groups -OCH3 is 1. The van der Waals surface area contributed by atoms with Gasteiger partial charge in [-0.15, -0.1) is 0 Å². The average Bonchev–Trinajstić information content (AvgIpc) is 2.55. The average molecular weight is 316 g/mol. The second-order valence-electron chi connectivity index (χ2n) is 4.77. The van der Waals surface area contributed by atoms with Crippen molar-refractivity contribution in [2.75, 3.05) is 19.0 Å². The smallest absolute Gasteiger partial charge is 0.269 e. The predicted octanol–water partition coefficient (Wildman–Crippen LogP) is 2.93. The minimum Gasteiger partial charge on any atom is -0.497 e. The molecule has 2 aromatic carbocycles. The van der Waals surface area contributed by atoms with Crippen molar-refractivity contribution >= 4 is 17.3 Å². The van der Waals surface area contributed by atoms with Crippen LogP contribution < -0.4 is 14.8 Å². The Morgan fingerprint density at radius 3 is 2.39 bits per heavy atom. The van der Waals surface area contributed by atoms with Crippen LogP contribution in [0.25, 0.3) is 0 Å². The molecule has 0 saturated heterocycles. The molecule has 0 unspecified atom stereocenters. The molecular weight excluding hydrogens is 300 g/mol. The number of benzene rings is 2. The summed E-state index contributed by atoms with van der Waals surface area (Å²) in [4.78, 5) is 22.1. The third kappa shape index (κ3) is 4.44. The SMILES string of the molecule is COc1ccc(OCC(=O)Nc2ccc([N+](=O)[O-])cc2C)cc1. The lowest BCUT2D eigenvalue weighted by molar-refractivity contribution is -0.384. The van der Waals surface area contributed by atoms with E-state index in [1.807, 2.05) is 0 Å². The second kappa shape index (κ2) is 7.26. The quantitative estimate of drug-likeness (QED) is 0.653. The highest BCUT2D eigenvalue weighted by atomic mass is 16.6. The summed E-state index contributed by atoms with van der Waals surface area (Å²) in [6.07, 6.45) is 0. The number of nitro groups is 1. The molecule has 0 aliphatic carbocycles. The van der Waals surface area contributed by atoms with E-state index >= 15 is 0 Å². The normalized spacial score (nSPS) is 10.0. The fraction of sp³-hybridized carbons (Fsp3) is 0.188. The Morgan fingerprint density at radius 2 is 1.83 bits per heavy atom. The van der Waals surface area contributed by atoms with Crippen LogP contribution in [-0.2, 0) is 4.79 Å². The van der Waals surface area contributed by atoms with Crippen molar-refractivity contribution in [1.29, 1.82) is 0 Å². The minimum absolute atomic E-state index is 0.0185. The number of aryl methyl sites for hydroxylation is 1. The molecule has 120 valence electrons. The van der Waals surface area contributed by atoms with Gasteiger partial charge in [0.15, 0.2) is 6.61 Å². The summed E-state index contributed by atoms with van der Waals surface area (Å²) in [6, 6.07) is 11.1. The van der Waals surface area contributed by atoms with E-state index in [1.54, 1.807) is 38.3 Å². The van der Waals surface area contributed by atoms with Crippen molar-refractivity contribution in [3.8, 4) is 11.5 Å². The maximum atomic E-state index is 11.9. The maximum absolute atomic E-state index is 11.9. The number of nitro benzene ring substituents is 1. The van der Waals surface area contributed by atoms with Gasteiger partial charge in [0.05, 0.1) is 12.0 Å². The summed E-state index contributed by atoms with van der Waals surface area (Å²) >= 11 is 0. The van der Waals surface area contributed by atoms with E-state index in [0.29, 0.717) is 22.7 Å². The van der Waals surface area contributed by atoms with Crippen molar-refractivity contribution in [2.45, 2.75) is 6.92 Å². The number of carbonyl (C=O) groups is 1. The molecule has 0 aromatic heterocycles. The molecule has 2 rings (SSSR count). The first-order valence-electron chi connectivity index (χ1n) is 6.81. The zero-order chi connectivity index (χ0) is 16.8. The number of non-ortho nitro benzene ring substituents is 1. The summed E-state index contributed by atoms with van der Waals surface area (Å²) in [5, 5.41) is 13.3. The van der Waals surface area contributed by atoms with Crippen molar-refractivity contribution in [1.82, 2.24) is 0 Å². The van der Waals surface area contributed by atoms with E-state index in [1.165, 1.54) is 18.2 Å². The molecule has 0 heterocycles. The highest BCUT2D eigenvalue weighted by Crippen LogP contribution is 2.21. The first-order chi connectivity index (χ1) is 11.0. The van der Waals surface area contributed by atoms with Gasteiger partial charge in [-0.3, -0.25) is 14.9 Å². The van der Waals surface area contributed by atoms with Crippen molar-refractivity contribution < 1.29 is 19.2 Å². The Balaban J connectivity index is 1.92. The molecule has 0 atom stereocenters. The molecule has 23 heavy (non-hydrogen) atoms. The van der Waals surface area contributed by atoms with Gasteiger partial charge in [-0.25, -0.2) is 0 Å². The van der Waals surface area contributed by atoms with E-state index < -0.39 is 4.92 Å². The predicted molar refractivity (Wildman–Crippen MR) is 85.0 cm³/mol. The van der Waals surface area contributed by atoms with Gasteiger partial charge in [-0.1, -0.05) is 0 Å². The largest absolute Gasteiger partial charge is 0.497 e. The van der Waals surface area contributed by atoms with Gasteiger partial charge >= 0.3 is 0 Å². The van der Waals surface area contributed by atoms with Gasteiger partial charge in [0.1, 0.15) is 11.5 Å². The molecule has 0 spiro atoms. The Morgan fingerprint density at radius 1 is 1.17 bits per heavy atom. The highest BCUT2D eigenvalue weighted by molar-refractivity contribution is 5.92. The van der Waals surface area contributed by atoms with Gasteiger partial charge in [0, 0.05) is 17.8 Å². The van der Waals surface area contributed by atoms with Crippen LogP contribution >= 0.6 is 0 Å². The minimum atomic E-state index is -0.481. The number of anilines is 1. The van der Waals surface area contributed by atoms with Crippen LogP contribution in [0.2, 0.25) is 0 Å². The number of hydrogen-bond donors (Lipinski definition) is 1. The highest BCUT2D eigenvalue weighted by Gasteiger charge is 2.10. The summed E-state index contributed by atoms with van der Waals surface area (Å²) in [5.74, 6) is 0.891. The van der Waals surface area contributed by atoms with E-state index in [-0.39, 0.29) is 18.2 Å². The Kier molecular flexibility index (Phi) is 5.14. The number of nitrogens with one attached hydrogen (secondary N) is 1. The topological polar surface area (TPSA) is 90.7 Å². The lowest BCUT2D eigenvalue weighted by Crippen LogP contribution is -2.20. The van der Waals surface area contributed by atoms with Gasteiger partial charge in [0.25, 0.3) is 11.6 Å². The van der Waals surface area contributed by atoms with Crippen LogP contribution in [0.15, 0.2) is 42.5 Å². The molecule has 0 saturated carbocycles. The van der Waals surface area contributed by atoms with E-state index in [0.717, 1.165) is 0 Å². The van der Waals surface area contributed by atoms with Gasteiger partial charge in [0.2, 0.25) is 0 Å². The van der Waals surface area contributed by atoms with E-state index in [9.17, 15) is 14.9 Å². The molecule has 0 aliphatic heterocycles. The van der Waals surface area contributed by atoms with Crippen molar-refractivity contribution in [3.05, 3.63) is 58.1 Å². The van der Waals surface area contributed by atoms with Gasteiger partial charge in [-0.2, -0.15) is 0 Å². The standard InChI is InChI=1S/C16H16N2O5/c1-11-9-12(18(20)21)3-8-15(11)17-16(19)10-23-14-6-4-13(22-2)5-7-14/h3-9H,10H2,1-2H3,(H,17,19). The van der Waals surface area contributed by atoms with Crippen LogP contribution in [0.5, 0.6) is 11.5 Å². The molecule has 0 fully saturated rings. The zero-order valence-electron chi connectivity index (χ0n) is 12.7. The zero-order valence-corrected chi connectivity index (χ0v) is 12.7. The number of carbonyl (C=O) groups excluding carboxylic acids is 1. The number of ether oxygens (including phenoxy) is 2. The van der Waals surface area contributed by atoms with Gasteiger partial charge in [-0.05, 0) is 42.8 Å². The van der Waals surface area contributed by atoms with Crippen LogP contribution in [0.4, 0.5) is 11.4 Å². The third-order valence-corrected chi connectivity index (χ3v) is 3.12. The monoisotopic (exact) mass is 316 g/mol. The van der Waals surface area contributed by atoms with Crippen LogP contribution in [0, 0.1) is 17.0 Å². The third-order valence-electron chi connectivity index (χ3n) is 3.12. The molecule has 1 amide bonds. The first kappa shape index (κ1) is 16.3. The maximum Gasteiger partial charge on any atom is 0.269 e. The van der Waals surface area contributed by atoms with E-state index in [2.05, 4.69) is 5.32 Å². The fourth-order valence-electron chi connectivity index (χ4n) is 1.91. The lowest BCUT2D eigenvalue weighted by atomic mass is 10.2. The van der Waals surface area contributed by atoms with Crippen LogP contribution in [0.3, 0.4) is 0 Å². The molecule has 7 heteroatoms. The first-order valence-corrected chi connectivity index (χ1v) is 6.81. The number of rotatable bonds is 6. The van der Waals surface area contributed by atoms with Crippen LogP contribution in [-0.4, -0.2) is 24.5 Å². The molecule has 0 aliphatic rings. The number of nitrogens with zero attached hydrogens (tertiary/aromatic N) is 1. The molecule has 0 bridgehead atoms. The van der Waals surface area contributed by atoms with Crippen molar-refractivity contribution in [3.63, 3.8) is 0 Å². The van der Waals surface area contributed by atoms with Gasteiger partial charge < -0.3 is 14.8 Å². The summed E-state index contributed by atoms with van der Waals surface area (Å²) in [7, 11) is 1.57. The summed E-state index contributed by atoms with van der Waals surface area (Å²) in [5.41, 5.74) is 1.10. The number of amides is 1. The fourth-order valence-corrected chi connectivity index (χ4v) is 1.91. The van der Waals surface area contributed by atoms with Crippen LogP contribution in [0.1, 0.15) is 5.56 Å².